The highest BCUT2D eigenvalue weighted by Gasteiger charge is 2.22. The van der Waals surface area contributed by atoms with Crippen LogP contribution in [0.15, 0.2) is 64.8 Å². The van der Waals surface area contributed by atoms with Crippen LogP contribution < -0.4 is 5.32 Å². The van der Waals surface area contributed by atoms with Crippen molar-refractivity contribution < 1.29 is 14.3 Å². The Morgan fingerprint density at radius 3 is 2.31 bits per heavy atom. The fraction of sp³-hybridized carbons (Fsp3) is 0.200. The van der Waals surface area contributed by atoms with Gasteiger partial charge in [-0.05, 0) is 35.9 Å². The minimum Gasteiger partial charge on any atom is -0.378 e. The third-order valence-corrected chi connectivity index (χ3v) is 4.52. The van der Waals surface area contributed by atoms with Gasteiger partial charge in [0.1, 0.15) is 5.70 Å². The summed E-state index contributed by atoms with van der Waals surface area (Å²) >= 11 is 3.35. The maximum Gasteiger partial charge on any atom is 0.270 e. The summed E-state index contributed by atoms with van der Waals surface area (Å²) in [6.07, 6.45) is 1.70. The fourth-order valence-electron chi connectivity index (χ4n) is 2.60. The Balaban J connectivity index is 1.84. The average molecular weight is 415 g/mol. The number of nitrogens with zero attached hydrogens (tertiary/aromatic N) is 1. The molecule has 6 heteroatoms. The van der Waals surface area contributed by atoms with E-state index in [0.717, 1.165) is 10.0 Å². The summed E-state index contributed by atoms with van der Waals surface area (Å²) < 4.78 is 6.19. The molecule has 0 aliphatic carbocycles. The highest BCUT2D eigenvalue weighted by molar-refractivity contribution is 9.10. The number of carbonyl (C=O) groups excluding carboxylic acids is 2. The summed E-state index contributed by atoms with van der Waals surface area (Å²) in [4.78, 5) is 27.2. The van der Waals surface area contributed by atoms with Crippen LogP contribution in [0.4, 0.5) is 0 Å². The predicted molar refractivity (Wildman–Crippen MR) is 103 cm³/mol. The first-order chi connectivity index (χ1) is 12.6. The molecule has 0 radical (unpaired) electrons. The minimum absolute atomic E-state index is 0.206. The molecule has 1 heterocycles. The van der Waals surface area contributed by atoms with Crippen LogP contribution in [0.5, 0.6) is 0 Å². The highest BCUT2D eigenvalue weighted by atomic mass is 79.9. The number of amides is 2. The van der Waals surface area contributed by atoms with Crippen molar-refractivity contribution in [2.45, 2.75) is 0 Å². The van der Waals surface area contributed by atoms with E-state index < -0.39 is 0 Å². The lowest BCUT2D eigenvalue weighted by molar-refractivity contribution is -0.131. The lowest BCUT2D eigenvalue weighted by atomic mass is 10.1. The lowest BCUT2D eigenvalue weighted by Gasteiger charge is -2.27. The van der Waals surface area contributed by atoms with E-state index in [9.17, 15) is 9.59 Å². The van der Waals surface area contributed by atoms with Crippen molar-refractivity contribution in [2.24, 2.45) is 0 Å². The van der Waals surface area contributed by atoms with Crippen molar-refractivity contribution >= 4 is 33.8 Å². The summed E-state index contributed by atoms with van der Waals surface area (Å²) in [6, 6.07) is 16.5. The van der Waals surface area contributed by atoms with Crippen LogP contribution in [0.3, 0.4) is 0 Å². The molecule has 0 unspecified atom stereocenters. The molecule has 2 amide bonds. The first-order valence-corrected chi connectivity index (χ1v) is 9.13. The van der Waals surface area contributed by atoms with Crippen molar-refractivity contribution in [2.75, 3.05) is 26.3 Å². The molecule has 0 saturated carbocycles. The number of nitrogens with one attached hydrogen (secondary N) is 1. The Morgan fingerprint density at radius 2 is 1.65 bits per heavy atom. The Labute approximate surface area is 160 Å². The molecule has 2 aromatic carbocycles. The molecule has 1 N–H and O–H groups in total. The highest BCUT2D eigenvalue weighted by Crippen LogP contribution is 2.13. The molecular formula is C20H19BrN2O3. The topological polar surface area (TPSA) is 58.6 Å². The summed E-state index contributed by atoms with van der Waals surface area (Å²) in [6.45, 7) is 2.04. The standard InChI is InChI=1S/C20H19BrN2O3/c21-17-8-6-16(7-9-17)19(24)22-18(14-15-4-2-1-3-5-15)20(25)23-10-12-26-13-11-23/h1-9,14H,10-13H2,(H,22,24). The molecule has 0 spiro atoms. The lowest BCUT2D eigenvalue weighted by Crippen LogP contribution is -2.44. The Hall–Kier alpha value is -2.44. The molecule has 1 aliphatic heterocycles. The van der Waals surface area contributed by atoms with Gasteiger partial charge in [0.25, 0.3) is 11.8 Å². The second-order valence-electron chi connectivity index (χ2n) is 5.83. The van der Waals surface area contributed by atoms with Crippen molar-refractivity contribution in [1.82, 2.24) is 10.2 Å². The molecule has 0 bridgehead atoms. The monoisotopic (exact) mass is 414 g/mol. The van der Waals surface area contributed by atoms with Gasteiger partial charge in [0, 0.05) is 23.1 Å². The molecule has 3 rings (SSSR count). The Kier molecular flexibility index (Phi) is 6.20. The van der Waals surface area contributed by atoms with Crippen LogP contribution in [-0.4, -0.2) is 43.0 Å². The predicted octanol–water partition coefficient (Wildman–Crippen LogP) is 3.08. The third kappa shape index (κ3) is 4.80. The van der Waals surface area contributed by atoms with Crippen LogP contribution in [-0.2, 0) is 9.53 Å². The van der Waals surface area contributed by atoms with Gasteiger partial charge in [-0.1, -0.05) is 46.3 Å². The molecular weight excluding hydrogens is 396 g/mol. The van der Waals surface area contributed by atoms with Gasteiger partial charge in [-0.2, -0.15) is 0 Å². The quantitative estimate of drug-likeness (QED) is 0.781. The molecule has 1 fully saturated rings. The average Bonchev–Trinajstić information content (AvgIpc) is 2.69. The van der Waals surface area contributed by atoms with Gasteiger partial charge < -0.3 is 15.0 Å². The number of hydrogen-bond donors (Lipinski definition) is 1. The molecule has 0 aromatic heterocycles. The zero-order valence-corrected chi connectivity index (χ0v) is 15.7. The van der Waals surface area contributed by atoms with E-state index in [-0.39, 0.29) is 17.5 Å². The SMILES string of the molecule is O=C(NC(=Cc1ccccc1)C(=O)N1CCOCC1)c1ccc(Br)cc1. The van der Waals surface area contributed by atoms with Gasteiger partial charge in [0.2, 0.25) is 0 Å². The third-order valence-electron chi connectivity index (χ3n) is 3.99. The zero-order valence-electron chi connectivity index (χ0n) is 14.2. The first-order valence-electron chi connectivity index (χ1n) is 8.34. The smallest absolute Gasteiger partial charge is 0.270 e. The number of hydrogen-bond acceptors (Lipinski definition) is 3. The maximum absolute atomic E-state index is 12.9. The van der Waals surface area contributed by atoms with Crippen molar-refractivity contribution in [3.63, 3.8) is 0 Å². The van der Waals surface area contributed by atoms with Crippen molar-refractivity contribution in [3.05, 3.63) is 75.9 Å². The van der Waals surface area contributed by atoms with E-state index in [4.69, 9.17) is 4.74 Å². The molecule has 5 nitrogen and oxygen atoms in total. The number of halogens is 1. The number of carbonyl (C=O) groups is 2. The minimum atomic E-state index is -0.318. The van der Waals surface area contributed by atoms with E-state index in [1.54, 1.807) is 35.2 Å². The molecule has 2 aromatic rings. The number of morpholine rings is 1. The van der Waals surface area contributed by atoms with Crippen LogP contribution >= 0.6 is 15.9 Å². The maximum atomic E-state index is 12.9. The first kappa shape index (κ1) is 18.4. The largest absolute Gasteiger partial charge is 0.378 e. The van der Waals surface area contributed by atoms with Gasteiger partial charge >= 0.3 is 0 Å². The molecule has 134 valence electrons. The number of ether oxygens (including phenoxy) is 1. The van der Waals surface area contributed by atoms with Crippen LogP contribution in [0.1, 0.15) is 15.9 Å². The van der Waals surface area contributed by atoms with Crippen LogP contribution in [0, 0.1) is 0 Å². The molecule has 1 aliphatic rings. The van der Waals surface area contributed by atoms with Gasteiger partial charge in [-0.15, -0.1) is 0 Å². The fourth-order valence-corrected chi connectivity index (χ4v) is 2.86. The van der Waals surface area contributed by atoms with Gasteiger partial charge in [0.05, 0.1) is 13.2 Å². The molecule has 1 saturated heterocycles. The molecule has 26 heavy (non-hydrogen) atoms. The summed E-state index contributed by atoms with van der Waals surface area (Å²) in [5.41, 5.74) is 1.59. The van der Waals surface area contributed by atoms with E-state index in [1.165, 1.54) is 0 Å². The van der Waals surface area contributed by atoms with Crippen LogP contribution in [0.25, 0.3) is 6.08 Å². The van der Waals surface area contributed by atoms with Gasteiger partial charge in [-0.25, -0.2) is 0 Å². The Morgan fingerprint density at radius 1 is 1.00 bits per heavy atom. The second-order valence-corrected chi connectivity index (χ2v) is 6.75. The second kappa shape index (κ2) is 8.78. The van der Waals surface area contributed by atoms with Crippen molar-refractivity contribution in [3.8, 4) is 0 Å². The number of benzene rings is 2. The zero-order chi connectivity index (χ0) is 18.4. The molecule has 0 atom stereocenters. The summed E-state index contributed by atoms with van der Waals surface area (Å²) in [7, 11) is 0. The van der Waals surface area contributed by atoms with Gasteiger partial charge in [0.15, 0.2) is 0 Å². The Bertz CT molecular complexity index is 798. The van der Waals surface area contributed by atoms with E-state index >= 15 is 0 Å². The van der Waals surface area contributed by atoms with Crippen LogP contribution in [0.2, 0.25) is 0 Å². The van der Waals surface area contributed by atoms with Gasteiger partial charge in [-0.3, -0.25) is 9.59 Å². The summed E-state index contributed by atoms with van der Waals surface area (Å²) in [5, 5.41) is 2.77. The number of rotatable bonds is 4. The summed E-state index contributed by atoms with van der Waals surface area (Å²) in [5.74, 6) is -0.524. The van der Waals surface area contributed by atoms with E-state index in [0.29, 0.717) is 31.9 Å². The van der Waals surface area contributed by atoms with E-state index in [1.807, 2.05) is 30.3 Å². The normalized spacial score (nSPS) is 14.8. The van der Waals surface area contributed by atoms with E-state index in [2.05, 4.69) is 21.2 Å². The van der Waals surface area contributed by atoms with Crippen molar-refractivity contribution in [1.29, 1.82) is 0 Å².